The van der Waals surface area contributed by atoms with Crippen LogP contribution < -0.4 is 4.90 Å². The summed E-state index contributed by atoms with van der Waals surface area (Å²) in [7, 11) is 0. The summed E-state index contributed by atoms with van der Waals surface area (Å²) in [5.41, 5.74) is 0. The number of carbonyl (C=O) groups is 1. The zero-order valence-corrected chi connectivity index (χ0v) is 16.2. The van der Waals surface area contributed by atoms with Gasteiger partial charge in [0.05, 0.1) is 19.0 Å². The standard InChI is InChI=1S/C17H23ClN4O3S/c18-13-11-14(21-5-1-2-6-21)20-16(19-13)26-12-15(23)22-7-3-17(4-8-22)24-9-10-25-17/h11H,1-10,12H2. The number of amides is 1. The summed E-state index contributed by atoms with van der Waals surface area (Å²) in [6.45, 7) is 4.61. The molecule has 0 radical (unpaired) electrons. The molecule has 1 amide bonds. The molecule has 1 aromatic heterocycles. The first-order valence-corrected chi connectivity index (χ1v) is 10.5. The van der Waals surface area contributed by atoms with Crippen molar-refractivity contribution in [2.45, 2.75) is 36.6 Å². The molecule has 4 rings (SSSR count). The van der Waals surface area contributed by atoms with Crippen LogP contribution in [-0.4, -0.2) is 71.7 Å². The van der Waals surface area contributed by atoms with Crippen molar-refractivity contribution in [1.82, 2.24) is 14.9 Å². The van der Waals surface area contributed by atoms with E-state index in [1.54, 1.807) is 6.07 Å². The maximum atomic E-state index is 12.5. The van der Waals surface area contributed by atoms with Gasteiger partial charge < -0.3 is 19.3 Å². The third kappa shape index (κ3) is 4.08. The molecule has 3 saturated heterocycles. The number of nitrogens with zero attached hydrogens (tertiary/aromatic N) is 4. The van der Waals surface area contributed by atoms with Gasteiger partial charge in [-0.1, -0.05) is 23.4 Å². The Balaban J connectivity index is 1.31. The number of hydrogen-bond acceptors (Lipinski definition) is 7. The first-order valence-electron chi connectivity index (χ1n) is 9.12. The number of ether oxygens (including phenoxy) is 2. The van der Waals surface area contributed by atoms with E-state index >= 15 is 0 Å². The van der Waals surface area contributed by atoms with Crippen LogP contribution in [0, 0.1) is 0 Å². The number of carbonyl (C=O) groups excluding carboxylic acids is 1. The van der Waals surface area contributed by atoms with E-state index in [-0.39, 0.29) is 5.91 Å². The third-order valence-electron chi connectivity index (χ3n) is 5.11. The highest BCUT2D eigenvalue weighted by atomic mass is 35.5. The summed E-state index contributed by atoms with van der Waals surface area (Å²) >= 11 is 7.49. The predicted molar refractivity (Wildman–Crippen MR) is 99.7 cm³/mol. The molecule has 4 heterocycles. The smallest absolute Gasteiger partial charge is 0.233 e. The Kier molecular flexibility index (Phi) is 5.54. The van der Waals surface area contributed by atoms with Gasteiger partial charge in [-0.2, -0.15) is 0 Å². The lowest BCUT2D eigenvalue weighted by atomic mass is 10.0. The van der Waals surface area contributed by atoms with Crippen LogP contribution >= 0.6 is 23.4 Å². The second-order valence-electron chi connectivity index (χ2n) is 6.80. The quantitative estimate of drug-likeness (QED) is 0.437. The zero-order chi connectivity index (χ0) is 18.0. The van der Waals surface area contributed by atoms with Gasteiger partial charge >= 0.3 is 0 Å². The number of rotatable bonds is 4. The maximum absolute atomic E-state index is 12.5. The summed E-state index contributed by atoms with van der Waals surface area (Å²) in [6.07, 6.45) is 3.81. The van der Waals surface area contributed by atoms with E-state index in [9.17, 15) is 4.79 Å². The number of halogens is 1. The molecular formula is C17H23ClN4O3S. The summed E-state index contributed by atoms with van der Waals surface area (Å²) in [5.74, 6) is 0.807. The summed E-state index contributed by atoms with van der Waals surface area (Å²) < 4.78 is 11.4. The highest BCUT2D eigenvalue weighted by molar-refractivity contribution is 7.99. The molecule has 0 aromatic carbocycles. The molecule has 0 bridgehead atoms. The Morgan fingerprint density at radius 3 is 2.54 bits per heavy atom. The molecule has 3 aliphatic rings. The zero-order valence-electron chi connectivity index (χ0n) is 14.7. The average molecular weight is 399 g/mol. The lowest BCUT2D eigenvalue weighted by molar-refractivity contribution is -0.186. The summed E-state index contributed by atoms with van der Waals surface area (Å²) in [5, 5.41) is 0.982. The van der Waals surface area contributed by atoms with E-state index in [0.29, 0.717) is 42.4 Å². The first-order chi connectivity index (χ1) is 12.6. The molecule has 9 heteroatoms. The van der Waals surface area contributed by atoms with Crippen LogP contribution in [0.1, 0.15) is 25.7 Å². The molecule has 7 nitrogen and oxygen atoms in total. The number of anilines is 1. The van der Waals surface area contributed by atoms with Gasteiger partial charge in [-0.15, -0.1) is 0 Å². The molecule has 26 heavy (non-hydrogen) atoms. The van der Waals surface area contributed by atoms with Crippen molar-refractivity contribution in [3.8, 4) is 0 Å². The largest absolute Gasteiger partial charge is 0.356 e. The van der Waals surface area contributed by atoms with Gasteiger partial charge in [0.15, 0.2) is 10.9 Å². The highest BCUT2D eigenvalue weighted by Gasteiger charge is 2.40. The van der Waals surface area contributed by atoms with Crippen LogP contribution in [0.5, 0.6) is 0 Å². The van der Waals surface area contributed by atoms with E-state index in [2.05, 4.69) is 14.9 Å². The molecule has 0 N–H and O–H groups in total. The van der Waals surface area contributed by atoms with Crippen molar-refractivity contribution < 1.29 is 14.3 Å². The second-order valence-corrected chi connectivity index (χ2v) is 8.13. The number of piperidine rings is 1. The maximum Gasteiger partial charge on any atom is 0.233 e. The van der Waals surface area contributed by atoms with Crippen LogP contribution in [0.15, 0.2) is 11.2 Å². The van der Waals surface area contributed by atoms with Gasteiger partial charge in [-0.3, -0.25) is 4.79 Å². The van der Waals surface area contributed by atoms with Gasteiger partial charge in [-0.05, 0) is 12.8 Å². The molecule has 1 spiro atoms. The fourth-order valence-corrected chi connectivity index (χ4v) is 4.64. The molecule has 3 aliphatic heterocycles. The van der Waals surface area contributed by atoms with Crippen LogP contribution in [0.25, 0.3) is 0 Å². The van der Waals surface area contributed by atoms with Crippen molar-refractivity contribution in [3.05, 3.63) is 11.2 Å². The van der Waals surface area contributed by atoms with Crippen LogP contribution in [-0.2, 0) is 14.3 Å². The molecule has 1 aromatic rings. The topological polar surface area (TPSA) is 67.8 Å². The fraction of sp³-hybridized carbons (Fsp3) is 0.706. The van der Waals surface area contributed by atoms with Crippen molar-refractivity contribution in [1.29, 1.82) is 0 Å². The van der Waals surface area contributed by atoms with Crippen molar-refractivity contribution in [2.24, 2.45) is 0 Å². The molecule has 0 unspecified atom stereocenters. The molecule has 3 fully saturated rings. The van der Waals surface area contributed by atoms with Crippen molar-refractivity contribution >= 4 is 35.1 Å². The summed E-state index contributed by atoms with van der Waals surface area (Å²) in [4.78, 5) is 25.4. The summed E-state index contributed by atoms with van der Waals surface area (Å²) in [6, 6.07) is 1.80. The van der Waals surface area contributed by atoms with Crippen LogP contribution in [0.2, 0.25) is 5.15 Å². The fourth-order valence-electron chi connectivity index (χ4n) is 3.66. The number of aromatic nitrogens is 2. The molecule has 0 saturated carbocycles. The van der Waals surface area contributed by atoms with E-state index < -0.39 is 5.79 Å². The third-order valence-corrected chi connectivity index (χ3v) is 6.13. The lowest BCUT2D eigenvalue weighted by Crippen LogP contribution is -2.47. The van der Waals surface area contributed by atoms with Crippen LogP contribution in [0.4, 0.5) is 5.82 Å². The van der Waals surface area contributed by atoms with E-state index in [0.717, 1.165) is 31.7 Å². The predicted octanol–water partition coefficient (Wildman–Crippen LogP) is 2.19. The van der Waals surface area contributed by atoms with Gasteiger partial charge in [0.25, 0.3) is 0 Å². The number of hydrogen-bond donors (Lipinski definition) is 0. The van der Waals surface area contributed by atoms with Gasteiger partial charge in [-0.25, -0.2) is 9.97 Å². The number of thioether (sulfide) groups is 1. The molecule has 0 aliphatic carbocycles. The Hall–Kier alpha value is -1.09. The SMILES string of the molecule is O=C(CSc1nc(Cl)cc(N2CCCC2)n1)N1CCC2(CC1)OCCO2. The minimum Gasteiger partial charge on any atom is -0.356 e. The Morgan fingerprint density at radius 2 is 1.85 bits per heavy atom. The highest BCUT2D eigenvalue weighted by Crippen LogP contribution is 2.31. The minimum atomic E-state index is -0.454. The lowest BCUT2D eigenvalue weighted by Gasteiger charge is -2.37. The normalized spacial score (nSPS) is 22.3. The Morgan fingerprint density at radius 1 is 1.15 bits per heavy atom. The van der Waals surface area contributed by atoms with E-state index in [1.807, 2.05) is 4.90 Å². The Labute approximate surface area is 162 Å². The Bertz CT molecular complexity index is 655. The molecule has 142 valence electrons. The first kappa shape index (κ1) is 18.3. The van der Waals surface area contributed by atoms with Gasteiger partial charge in [0.2, 0.25) is 5.91 Å². The average Bonchev–Trinajstić information content (AvgIpc) is 3.32. The minimum absolute atomic E-state index is 0.0918. The van der Waals surface area contributed by atoms with Gasteiger partial charge in [0, 0.05) is 45.1 Å². The van der Waals surface area contributed by atoms with Crippen LogP contribution in [0.3, 0.4) is 0 Å². The van der Waals surface area contributed by atoms with Crippen molar-refractivity contribution in [2.75, 3.05) is 50.0 Å². The van der Waals surface area contributed by atoms with E-state index in [4.69, 9.17) is 21.1 Å². The van der Waals surface area contributed by atoms with Crippen molar-refractivity contribution in [3.63, 3.8) is 0 Å². The van der Waals surface area contributed by atoms with E-state index in [1.165, 1.54) is 24.6 Å². The molecular weight excluding hydrogens is 376 g/mol. The second kappa shape index (κ2) is 7.88. The number of likely N-dealkylation sites (tertiary alicyclic amines) is 1. The molecule has 0 atom stereocenters. The van der Waals surface area contributed by atoms with Gasteiger partial charge in [0.1, 0.15) is 11.0 Å². The monoisotopic (exact) mass is 398 g/mol.